The van der Waals surface area contributed by atoms with Crippen LogP contribution in [0.1, 0.15) is 12.8 Å². The first-order valence-electron chi connectivity index (χ1n) is 5.92. The highest BCUT2D eigenvalue weighted by molar-refractivity contribution is 6.29. The summed E-state index contributed by atoms with van der Waals surface area (Å²) in [6.07, 6.45) is 3.64. The molecule has 2 saturated heterocycles. The Morgan fingerprint density at radius 1 is 1.18 bits per heavy atom. The maximum Gasteiger partial charge on any atom is 0.171 e. The Balaban J connectivity index is 1.66. The van der Waals surface area contributed by atoms with E-state index in [1.54, 1.807) is 0 Å². The number of anilines is 1. The largest absolute Gasteiger partial charge is 0.370 e. The van der Waals surface area contributed by atoms with Crippen molar-refractivity contribution in [1.82, 2.24) is 4.98 Å². The first-order chi connectivity index (χ1) is 8.27. The van der Waals surface area contributed by atoms with Crippen LogP contribution >= 0.6 is 11.6 Å². The van der Waals surface area contributed by atoms with Crippen LogP contribution in [-0.2, 0) is 9.47 Å². The Hall–Kier alpha value is -0.840. The second-order valence-corrected chi connectivity index (χ2v) is 4.82. The Morgan fingerprint density at radius 2 is 1.88 bits per heavy atom. The lowest BCUT2D eigenvalue weighted by Crippen LogP contribution is -2.45. The molecule has 0 saturated carbocycles. The van der Waals surface area contributed by atoms with Gasteiger partial charge < -0.3 is 14.4 Å². The number of pyridine rings is 1. The molecule has 1 spiro atoms. The van der Waals surface area contributed by atoms with E-state index in [1.165, 1.54) is 0 Å². The molecule has 0 amide bonds. The van der Waals surface area contributed by atoms with E-state index in [2.05, 4.69) is 9.88 Å². The van der Waals surface area contributed by atoms with Crippen molar-refractivity contribution in [2.75, 3.05) is 31.2 Å². The van der Waals surface area contributed by atoms with E-state index in [0.717, 1.165) is 44.8 Å². The van der Waals surface area contributed by atoms with Gasteiger partial charge in [-0.1, -0.05) is 11.6 Å². The molecule has 0 radical (unpaired) electrons. The van der Waals surface area contributed by atoms with Gasteiger partial charge in [0.2, 0.25) is 0 Å². The van der Waals surface area contributed by atoms with E-state index in [4.69, 9.17) is 21.1 Å². The second-order valence-electron chi connectivity index (χ2n) is 4.43. The topological polar surface area (TPSA) is 34.6 Å². The Labute approximate surface area is 105 Å². The summed E-state index contributed by atoms with van der Waals surface area (Å²) >= 11 is 5.78. The zero-order valence-corrected chi connectivity index (χ0v) is 10.3. The van der Waals surface area contributed by atoms with Gasteiger partial charge in [-0.3, -0.25) is 0 Å². The van der Waals surface area contributed by atoms with Crippen LogP contribution < -0.4 is 4.90 Å². The van der Waals surface area contributed by atoms with Crippen LogP contribution in [0.5, 0.6) is 0 Å². The van der Waals surface area contributed by atoms with Crippen LogP contribution in [0.2, 0.25) is 5.15 Å². The summed E-state index contributed by atoms with van der Waals surface area (Å²) in [5, 5.41) is 0.532. The molecule has 0 aromatic carbocycles. The minimum absolute atomic E-state index is 0.309. The summed E-state index contributed by atoms with van der Waals surface area (Å²) < 4.78 is 11.4. The van der Waals surface area contributed by atoms with Crippen LogP contribution in [0.3, 0.4) is 0 Å². The van der Waals surface area contributed by atoms with Gasteiger partial charge in [-0.05, 0) is 12.1 Å². The number of halogens is 1. The van der Waals surface area contributed by atoms with Crippen LogP contribution in [0.4, 0.5) is 5.69 Å². The van der Waals surface area contributed by atoms with E-state index in [9.17, 15) is 0 Å². The molecule has 3 rings (SSSR count). The highest BCUT2D eigenvalue weighted by Crippen LogP contribution is 2.33. The molecule has 2 aliphatic heterocycles. The van der Waals surface area contributed by atoms with E-state index in [0.29, 0.717) is 5.15 Å². The van der Waals surface area contributed by atoms with E-state index in [1.807, 2.05) is 18.3 Å². The summed E-state index contributed by atoms with van der Waals surface area (Å²) in [6, 6.07) is 3.83. The molecule has 4 nitrogen and oxygen atoms in total. The summed E-state index contributed by atoms with van der Waals surface area (Å²) in [4.78, 5) is 6.40. The van der Waals surface area contributed by atoms with Gasteiger partial charge >= 0.3 is 0 Å². The lowest BCUT2D eigenvalue weighted by molar-refractivity contribution is -0.169. The SMILES string of the molecule is Clc1ccc(N2CCC3(CC2)OCCO3)cn1. The van der Waals surface area contributed by atoms with Gasteiger partial charge in [-0.2, -0.15) is 0 Å². The molecule has 5 heteroatoms. The highest BCUT2D eigenvalue weighted by Gasteiger charge is 2.39. The molecule has 0 unspecified atom stereocenters. The predicted molar refractivity (Wildman–Crippen MR) is 65.3 cm³/mol. The van der Waals surface area contributed by atoms with Crippen molar-refractivity contribution in [1.29, 1.82) is 0 Å². The van der Waals surface area contributed by atoms with Crippen molar-refractivity contribution in [3.8, 4) is 0 Å². The molecule has 0 N–H and O–H groups in total. The normalized spacial score (nSPS) is 23.2. The fourth-order valence-electron chi connectivity index (χ4n) is 2.45. The Bertz CT molecular complexity index is 380. The van der Waals surface area contributed by atoms with Crippen LogP contribution in [0, 0.1) is 0 Å². The number of piperidine rings is 1. The summed E-state index contributed by atoms with van der Waals surface area (Å²) in [5.74, 6) is -0.309. The molecule has 1 aromatic rings. The Morgan fingerprint density at radius 3 is 2.47 bits per heavy atom. The Kier molecular flexibility index (Phi) is 2.94. The van der Waals surface area contributed by atoms with Crippen LogP contribution in [-0.4, -0.2) is 37.1 Å². The maximum atomic E-state index is 5.78. The van der Waals surface area contributed by atoms with Gasteiger partial charge in [0.15, 0.2) is 5.79 Å². The summed E-state index contributed by atoms with van der Waals surface area (Å²) in [7, 11) is 0. The monoisotopic (exact) mass is 254 g/mol. The molecule has 92 valence electrons. The molecule has 0 atom stereocenters. The number of ether oxygens (including phenoxy) is 2. The van der Waals surface area contributed by atoms with Crippen molar-refractivity contribution in [3.05, 3.63) is 23.5 Å². The third-order valence-corrected chi connectivity index (χ3v) is 3.64. The van der Waals surface area contributed by atoms with Gasteiger partial charge in [0.05, 0.1) is 25.1 Å². The van der Waals surface area contributed by atoms with Crippen LogP contribution in [0.25, 0.3) is 0 Å². The summed E-state index contributed by atoms with van der Waals surface area (Å²) in [6.45, 7) is 3.32. The molecular weight excluding hydrogens is 240 g/mol. The molecule has 17 heavy (non-hydrogen) atoms. The zero-order valence-electron chi connectivity index (χ0n) is 9.56. The maximum absolute atomic E-state index is 5.78. The van der Waals surface area contributed by atoms with Gasteiger partial charge in [0.25, 0.3) is 0 Å². The third kappa shape index (κ3) is 2.25. The predicted octanol–water partition coefficient (Wildman–Crippen LogP) is 2.08. The van der Waals surface area contributed by atoms with Crippen molar-refractivity contribution >= 4 is 17.3 Å². The lowest BCUT2D eigenvalue weighted by atomic mass is 10.0. The smallest absolute Gasteiger partial charge is 0.171 e. The molecule has 2 fully saturated rings. The lowest BCUT2D eigenvalue weighted by Gasteiger charge is -2.38. The number of nitrogens with zero attached hydrogens (tertiary/aromatic N) is 2. The number of rotatable bonds is 1. The number of aromatic nitrogens is 1. The number of hydrogen-bond donors (Lipinski definition) is 0. The first kappa shape index (κ1) is 11.3. The quantitative estimate of drug-likeness (QED) is 0.719. The minimum Gasteiger partial charge on any atom is -0.370 e. The molecule has 1 aromatic heterocycles. The number of hydrogen-bond acceptors (Lipinski definition) is 4. The second kappa shape index (κ2) is 4.44. The molecular formula is C12H15ClN2O2. The van der Waals surface area contributed by atoms with Gasteiger partial charge in [0, 0.05) is 25.9 Å². The first-order valence-corrected chi connectivity index (χ1v) is 6.30. The van der Waals surface area contributed by atoms with Crippen LogP contribution in [0.15, 0.2) is 18.3 Å². The molecule has 0 bridgehead atoms. The van der Waals surface area contributed by atoms with Gasteiger partial charge in [0.1, 0.15) is 5.15 Å². The van der Waals surface area contributed by atoms with E-state index in [-0.39, 0.29) is 5.79 Å². The fourth-order valence-corrected chi connectivity index (χ4v) is 2.56. The zero-order chi connectivity index (χ0) is 11.7. The van der Waals surface area contributed by atoms with Crippen molar-refractivity contribution in [2.24, 2.45) is 0 Å². The fraction of sp³-hybridized carbons (Fsp3) is 0.583. The standard InChI is InChI=1S/C12H15ClN2O2/c13-11-2-1-10(9-14-11)15-5-3-12(4-6-15)16-7-8-17-12/h1-2,9H,3-8H2. The highest BCUT2D eigenvalue weighted by atomic mass is 35.5. The van der Waals surface area contributed by atoms with Crippen molar-refractivity contribution < 1.29 is 9.47 Å². The summed E-state index contributed by atoms with van der Waals surface area (Å²) in [5.41, 5.74) is 1.11. The third-order valence-electron chi connectivity index (χ3n) is 3.42. The molecule has 0 aliphatic carbocycles. The van der Waals surface area contributed by atoms with E-state index >= 15 is 0 Å². The van der Waals surface area contributed by atoms with Crippen molar-refractivity contribution in [3.63, 3.8) is 0 Å². The average Bonchev–Trinajstić information content (AvgIpc) is 2.80. The van der Waals surface area contributed by atoms with E-state index < -0.39 is 0 Å². The molecule has 3 heterocycles. The molecule has 2 aliphatic rings. The average molecular weight is 255 g/mol. The minimum atomic E-state index is -0.309. The van der Waals surface area contributed by atoms with Gasteiger partial charge in [-0.15, -0.1) is 0 Å². The van der Waals surface area contributed by atoms with Gasteiger partial charge in [-0.25, -0.2) is 4.98 Å². The van der Waals surface area contributed by atoms with Crippen molar-refractivity contribution in [2.45, 2.75) is 18.6 Å².